The number of nitrogens with zero attached hydrogens (tertiary/aromatic N) is 1. The average molecular weight is 432 g/mol. The number of ether oxygens (including phenoxy) is 1. The van der Waals surface area contributed by atoms with Gasteiger partial charge < -0.3 is 15.4 Å². The number of nitrogens with one attached hydrogen (secondary N) is 2. The van der Waals surface area contributed by atoms with E-state index in [0.717, 1.165) is 5.56 Å². The number of hydrogen-bond acceptors (Lipinski definition) is 5. The Kier molecular flexibility index (Phi) is 7.07. The minimum absolute atomic E-state index is 0.0808. The van der Waals surface area contributed by atoms with E-state index in [9.17, 15) is 18.0 Å². The van der Waals surface area contributed by atoms with Crippen LogP contribution in [0.3, 0.4) is 0 Å². The van der Waals surface area contributed by atoms with Crippen LogP contribution in [0.25, 0.3) is 0 Å². The van der Waals surface area contributed by atoms with Crippen LogP contribution in [0.1, 0.15) is 18.4 Å². The molecule has 0 aliphatic carbocycles. The summed E-state index contributed by atoms with van der Waals surface area (Å²) >= 11 is 0. The van der Waals surface area contributed by atoms with Crippen LogP contribution in [0.5, 0.6) is 5.75 Å². The van der Waals surface area contributed by atoms with E-state index in [4.69, 9.17) is 4.74 Å². The van der Waals surface area contributed by atoms with E-state index in [0.29, 0.717) is 25.1 Å². The van der Waals surface area contributed by atoms with E-state index < -0.39 is 21.8 Å². The van der Waals surface area contributed by atoms with Crippen LogP contribution in [-0.2, 0) is 26.2 Å². The Hall–Kier alpha value is -2.91. The van der Waals surface area contributed by atoms with E-state index in [2.05, 4.69) is 10.6 Å². The lowest BCUT2D eigenvalue weighted by molar-refractivity contribution is -0.139. The van der Waals surface area contributed by atoms with Gasteiger partial charge in [-0.3, -0.25) is 9.59 Å². The molecule has 30 heavy (non-hydrogen) atoms. The first-order valence-corrected chi connectivity index (χ1v) is 11.1. The van der Waals surface area contributed by atoms with E-state index in [-0.39, 0.29) is 24.0 Å². The summed E-state index contributed by atoms with van der Waals surface area (Å²) in [7, 11) is -2.09. The second-order valence-electron chi connectivity index (χ2n) is 6.97. The third kappa shape index (κ3) is 5.17. The number of rotatable bonds is 7. The van der Waals surface area contributed by atoms with E-state index in [1.807, 2.05) is 6.07 Å². The van der Waals surface area contributed by atoms with Gasteiger partial charge in [0.25, 0.3) is 0 Å². The lowest BCUT2D eigenvalue weighted by atomic mass is 10.2. The van der Waals surface area contributed by atoms with Crippen molar-refractivity contribution < 1.29 is 22.7 Å². The Morgan fingerprint density at radius 1 is 1.07 bits per heavy atom. The zero-order valence-electron chi connectivity index (χ0n) is 16.7. The van der Waals surface area contributed by atoms with Crippen LogP contribution in [0, 0.1) is 0 Å². The van der Waals surface area contributed by atoms with E-state index in [1.165, 1.54) is 4.31 Å². The molecule has 1 aliphatic heterocycles. The zero-order chi connectivity index (χ0) is 21.6. The molecule has 2 amide bonds. The number of benzene rings is 2. The van der Waals surface area contributed by atoms with Crippen LogP contribution >= 0.6 is 0 Å². The molecule has 2 aromatic carbocycles. The summed E-state index contributed by atoms with van der Waals surface area (Å²) in [6, 6.07) is 15.0. The average Bonchev–Trinajstić information content (AvgIpc) is 3.26. The molecular weight excluding hydrogens is 406 g/mol. The van der Waals surface area contributed by atoms with Crippen LogP contribution in [0.2, 0.25) is 0 Å². The molecule has 1 saturated heterocycles. The van der Waals surface area contributed by atoms with Gasteiger partial charge in [0.15, 0.2) is 0 Å². The van der Waals surface area contributed by atoms with Gasteiger partial charge in [-0.05, 0) is 42.7 Å². The molecule has 0 radical (unpaired) electrons. The van der Waals surface area contributed by atoms with Crippen molar-refractivity contribution in [2.75, 3.05) is 20.2 Å². The van der Waals surface area contributed by atoms with Crippen LogP contribution in [-0.4, -0.2) is 50.8 Å². The minimum Gasteiger partial charge on any atom is -0.497 e. The van der Waals surface area contributed by atoms with E-state index in [1.54, 1.807) is 55.6 Å². The summed E-state index contributed by atoms with van der Waals surface area (Å²) in [5.41, 5.74) is 0.798. The highest BCUT2D eigenvalue weighted by atomic mass is 32.2. The number of amides is 2. The van der Waals surface area contributed by atoms with Gasteiger partial charge >= 0.3 is 11.8 Å². The Labute approximate surface area is 176 Å². The third-order valence-electron chi connectivity index (χ3n) is 4.96. The predicted molar refractivity (Wildman–Crippen MR) is 111 cm³/mol. The fraction of sp³-hybridized carbons (Fsp3) is 0.333. The molecule has 2 N–H and O–H groups in total. The van der Waals surface area contributed by atoms with Crippen molar-refractivity contribution in [2.45, 2.75) is 30.3 Å². The maximum atomic E-state index is 12.9. The maximum Gasteiger partial charge on any atom is 0.309 e. The second-order valence-corrected chi connectivity index (χ2v) is 8.86. The predicted octanol–water partition coefficient (Wildman–Crippen LogP) is 1.28. The highest BCUT2D eigenvalue weighted by Gasteiger charge is 2.35. The molecule has 160 valence electrons. The second kappa shape index (κ2) is 9.73. The van der Waals surface area contributed by atoms with Gasteiger partial charge in [-0.1, -0.05) is 30.3 Å². The maximum absolute atomic E-state index is 12.9. The lowest BCUT2D eigenvalue weighted by Crippen LogP contribution is -2.46. The van der Waals surface area contributed by atoms with Gasteiger partial charge in [0.2, 0.25) is 10.0 Å². The molecule has 1 aliphatic rings. The van der Waals surface area contributed by atoms with Gasteiger partial charge in [-0.15, -0.1) is 0 Å². The molecule has 0 saturated carbocycles. The summed E-state index contributed by atoms with van der Waals surface area (Å²) in [6.07, 6.45) is 1.33. The Morgan fingerprint density at radius 2 is 1.80 bits per heavy atom. The number of carbonyl (C=O) groups excluding carboxylic acids is 2. The fourth-order valence-electron chi connectivity index (χ4n) is 3.39. The highest BCUT2D eigenvalue weighted by molar-refractivity contribution is 7.89. The molecule has 0 bridgehead atoms. The zero-order valence-corrected chi connectivity index (χ0v) is 17.5. The normalized spacial score (nSPS) is 16.8. The molecule has 8 nitrogen and oxygen atoms in total. The molecule has 1 heterocycles. The Balaban J connectivity index is 1.53. The van der Waals surface area contributed by atoms with Crippen molar-refractivity contribution >= 4 is 21.8 Å². The van der Waals surface area contributed by atoms with Gasteiger partial charge in [-0.2, -0.15) is 4.31 Å². The molecule has 9 heteroatoms. The SMILES string of the molecule is COc1cccc(CNC(=O)C(=O)NC[C@H]2CCCN2S(=O)(=O)c2ccccc2)c1. The Morgan fingerprint density at radius 3 is 2.53 bits per heavy atom. The van der Waals surface area contributed by atoms with Crippen molar-refractivity contribution in [3.63, 3.8) is 0 Å². The van der Waals surface area contributed by atoms with Crippen molar-refractivity contribution in [3.05, 3.63) is 60.2 Å². The molecule has 0 aromatic heterocycles. The van der Waals surface area contributed by atoms with Gasteiger partial charge in [0.1, 0.15) is 5.75 Å². The molecular formula is C21H25N3O5S. The van der Waals surface area contributed by atoms with Crippen molar-refractivity contribution in [1.82, 2.24) is 14.9 Å². The molecule has 3 rings (SSSR count). The summed E-state index contributed by atoms with van der Waals surface area (Å²) in [5.74, 6) is -0.901. The topological polar surface area (TPSA) is 105 Å². The first-order chi connectivity index (χ1) is 14.4. The van der Waals surface area contributed by atoms with Gasteiger partial charge in [-0.25, -0.2) is 8.42 Å². The van der Waals surface area contributed by atoms with Crippen molar-refractivity contribution in [3.8, 4) is 5.75 Å². The summed E-state index contributed by atoms with van der Waals surface area (Å²) in [4.78, 5) is 24.5. The highest BCUT2D eigenvalue weighted by Crippen LogP contribution is 2.25. The molecule has 1 fully saturated rings. The standard InChI is InChI=1S/C21H25N3O5S/c1-29-18-9-5-7-16(13-18)14-22-20(25)21(26)23-15-17-8-6-12-24(17)30(27,28)19-10-3-2-4-11-19/h2-5,7,9-11,13,17H,6,8,12,14-15H2,1H3,(H,22,25)(H,23,26)/t17-/m1/s1. The third-order valence-corrected chi connectivity index (χ3v) is 6.93. The molecule has 2 aromatic rings. The largest absolute Gasteiger partial charge is 0.497 e. The van der Waals surface area contributed by atoms with Crippen LogP contribution in [0.4, 0.5) is 0 Å². The molecule has 1 atom stereocenters. The summed E-state index contributed by atoms with van der Waals surface area (Å²) in [6.45, 7) is 0.651. The first-order valence-electron chi connectivity index (χ1n) is 9.67. The van der Waals surface area contributed by atoms with Gasteiger partial charge in [0.05, 0.1) is 12.0 Å². The summed E-state index contributed by atoms with van der Waals surface area (Å²) < 4.78 is 32.2. The number of methoxy groups -OCH3 is 1. The number of sulfonamides is 1. The Bertz CT molecular complexity index is 995. The molecule has 0 unspecified atom stereocenters. The fourth-order valence-corrected chi connectivity index (χ4v) is 5.11. The van der Waals surface area contributed by atoms with Crippen molar-refractivity contribution in [1.29, 1.82) is 0 Å². The lowest BCUT2D eigenvalue weighted by Gasteiger charge is -2.24. The monoisotopic (exact) mass is 431 g/mol. The van der Waals surface area contributed by atoms with Crippen LogP contribution < -0.4 is 15.4 Å². The minimum atomic E-state index is -3.64. The van der Waals surface area contributed by atoms with Crippen molar-refractivity contribution in [2.24, 2.45) is 0 Å². The van der Waals surface area contributed by atoms with E-state index >= 15 is 0 Å². The smallest absolute Gasteiger partial charge is 0.309 e. The number of hydrogen-bond donors (Lipinski definition) is 2. The quantitative estimate of drug-likeness (QED) is 0.643. The summed E-state index contributed by atoms with van der Waals surface area (Å²) in [5, 5.41) is 5.11. The van der Waals surface area contributed by atoms with Gasteiger partial charge in [0, 0.05) is 25.7 Å². The number of carbonyl (C=O) groups is 2. The molecule has 0 spiro atoms. The van der Waals surface area contributed by atoms with Crippen LogP contribution in [0.15, 0.2) is 59.5 Å². The first kappa shape index (κ1) is 21.8.